The van der Waals surface area contributed by atoms with Crippen LogP contribution < -0.4 is 5.32 Å². The minimum absolute atomic E-state index is 0.141. The molecule has 0 spiro atoms. The van der Waals surface area contributed by atoms with E-state index in [1.165, 1.54) is 7.11 Å². The van der Waals surface area contributed by atoms with Crippen LogP contribution in [0.3, 0.4) is 0 Å². The van der Waals surface area contributed by atoms with Crippen molar-refractivity contribution in [3.05, 3.63) is 35.9 Å². The van der Waals surface area contributed by atoms with Gasteiger partial charge >= 0.3 is 12.1 Å². The molecule has 6 nitrogen and oxygen atoms in total. The second-order valence-corrected chi connectivity index (χ2v) is 7.72. The van der Waals surface area contributed by atoms with Crippen LogP contribution in [0.4, 0.5) is 4.79 Å². The van der Waals surface area contributed by atoms with E-state index >= 15 is 0 Å². The van der Waals surface area contributed by atoms with Crippen molar-refractivity contribution in [2.45, 2.75) is 70.3 Å². The summed E-state index contributed by atoms with van der Waals surface area (Å²) in [6.45, 7) is 5.81. The fourth-order valence-electron chi connectivity index (χ4n) is 3.20. The fourth-order valence-corrected chi connectivity index (χ4v) is 3.20. The summed E-state index contributed by atoms with van der Waals surface area (Å²) in [6, 6.07) is 9.87. The molecular weight excluding hydrogens is 334 g/mol. The van der Waals surface area contributed by atoms with Gasteiger partial charge in [-0.1, -0.05) is 30.3 Å². The molecule has 0 aliphatic heterocycles. The zero-order chi connectivity index (χ0) is 19.2. The van der Waals surface area contributed by atoms with Crippen molar-refractivity contribution in [3.63, 3.8) is 0 Å². The fraction of sp³-hybridized carbons (Fsp3) is 0.600. The molecule has 0 saturated heterocycles. The van der Waals surface area contributed by atoms with Gasteiger partial charge in [0.2, 0.25) is 0 Å². The number of esters is 1. The summed E-state index contributed by atoms with van der Waals surface area (Å²) in [7, 11) is 1.33. The molecule has 2 rings (SSSR count). The SMILES string of the molecule is COC(=O)C1(NC(=O)OC(C)(C)C)CCCC(OCc2ccccc2)C1. The summed E-state index contributed by atoms with van der Waals surface area (Å²) in [4.78, 5) is 24.7. The predicted octanol–water partition coefficient (Wildman–Crippen LogP) is 3.58. The maximum Gasteiger partial charge on any atom is 0.408 e. The third kappa shape index (κ3) is 5.73. The summed E-state index contributed by atoms with van der Waals surface area (Å²) in [5.74, 6) is -0.462. The van der Waals surface area contributed by atoms with Crippen molar-refractivity contribution in [2.75, 3.05) is 7.11 Å². The molecule has 1 aromatic rings. The van der Waals surface area contributed by atoms with Crippen molar-refractivity contribution in [2.24, 2.45) is 0 Å². The smallest absolute Gasteiger partial charge is 0.408 e. The number of methoxy groups -OCH3 is 1. The van der Waals surface area contributed by atoms with Crippen LogP contribution in [0.25, 0.3) is 0 Å². The zero-order valence-corrected chi connectivity index (χ0v) is 16.0. The number of rotatable bonds is 5. The van der Waals surface area contributed by atoms with Crippen LogP contribution >= 0.6 is 0 Å². The summed E-state index contributed by atoms with van der Waals surface area (Å²) >= 11 is 0. The predicted molar refractivity (Wildman–Crippen MR) is 97.6 cm³/mol. The van der Waals surface area contributed by atoms with Gasteiger partial charge in [0.25, 0.3) is 0 Å². The lowest BCUT2D eigenvalue weighted by Gasteiger charge is -2.39. The van der Waals surface area contributed by atoms with Gasteiger partial charge in [0.05, 0.1) is 19.8 Å². The third-order valence-electron chi connectivity index (χ3n) is 4.35. The van der Waals surface area contributed by atoms with Crippen LogP contribution in [0.1, 0.15) is 52.0 Å². The summed E-state index contributed by atoms with van der Waals surface area (Å²) in [5.41, 5.74) is -0.683. The van der Waals surface area contributed by atoms with Gasteiger partial charge in [-0.15, -0.1) is 0 Å². The Labute approximate surface area is 155 Å². The molecule has 0 heterocycles. The molecule has 0 radical (unpaired) electrons. The summed E-state index contributed by atoms with van der Waals surface area (Å²) in [5, 5.41) is 2.75. The Bertz CT molecular complexity index is 610. The molecule has 1 aliphatic carbocycles. The van der Waals surface area contributed by atoms with Gasteiger partial charge in [-0.05, 0) is 45.6 Å². The summed E-state index contributed by atoms with van der Waals surface area (Å²) in [6.07, 6.45) is 1.70. The van der Waals surface area contributed by atoms with E-state index in [-0.39, 0.29) is 6.10 Å². The molecule has 1 fully saturated rings. The standard InChI is InChI=1S/C20H29NO5/c1-19(2,3)26-18(23)21-20(17(22)24-4)12-8-11-16(13-20)25-14-15-9-6-5-7-10-15/h5-7,9-10,16H,8,11-14H2,1-4H3,(H,21,23). The maximum atomic E-state index is 12.5. The molecule has 26 heavy (non-hydrogen) atoms. The number of alkyl carbamates (subject to hydrolysis) is 1. The first-order valence-electron chi connectivity index (χ1n) is 8.99. The minimum Gasteiger partial charge on any atom is -0.467 e. The Balaban J connectivity index is 2.04. The van der Waals surface area contributed by atoms with E-state index in [1.807, 2.05) is 30.3 Å². The number of hydrogen-bond acceptors (Lipinski definition) is 5. The van der Waals surface area contributed by atoms with E-state index in [2.05, 4.69) is 5.32 Å². The van der Waals surface area contributed by atoms with E-state index in [0.29, 0.717) is 19.4 Å². The highest BCUT2D eigenvalue weighted by Crippen LogP contribution is 2.32. The highest BCUT2D eigenvalue weighted by Gasteiger charge is 2.46. The van der Waals surface area contributed by atoms with Gasteiger partial charge in [0, 0.05) is 6.42 Å². The van der Waals surface area contributed by atoms with E-state index in [4.69, 9.17) is 14.2 Å². The quantitative estimate of drug-likeness (QED) is 0.810. The van der Waals surface area contributed by atoms with Gasteiger partial charge in [-0.3, -0.25) is 0 Å². The number of ether oxygens (including phenoxy) is 3. The van der Waals surface area contributed by atoms with Crippen LogP contribution in [0.2, 0.25) is 0 Å². The largest absolute Gasteiger partial charge is 0.467 e. The number of amides is 1. The van der Waals surface area contributed by atoms with Crippen molar-refractivity contribution < 1.29 is 23.8 Å². The lowest BCUT2D eigenvalue weighted by Crippen LogP contribution is -2.59. The van der Waals surface area contributed by atoms with E-state index < -0.39 is 23.2 Å². The second-order valence-electron chi connectivity index (χ2n) is 7.72. The van der Waals surface area contributed by atoms with Crippen LogP contribution in [-0.2, 0) is 25.6 Å². The number of hydrogen-bond donors (Lipinski definition) is 1. The van der Waals surface area contributed by atoms with Crippen molar-refractivity contribution in [3.8, 4) is 0 Å². The number of carbonyl (C=O) groups excluding carboxylic acids is 2. The Morgan fingerprint density at radius 3 is 2.54 bits per heavy atom. The lowest BCUT2D eigenvalue weighted by atomic mass is 9.80. The Hall–Kier alpha value is -2.08. The van der Waals surface area contributed by atoms with Gasteiger partial charge in [0.1, 0.15) is 11.1 Å². The Morgan fingerprint density at radius 1 is 1.23 bits per heavy atom. The van der Waals surface area contributed by atoms with Crippen molar-refractivity contribution in [1.29, 1.82) is 0 Å². The molecule has 0 bridgehead atoms. The van der Waals surface area contributed by atoms with E-state index in [0.717, 1.165) is 18.4 Å². The monoisotopic (exact) mass is 363 g/mol. The first-order valence-corrected chi connectivity index (χ1v) is 8.99. The van der Waals surface area contributed by atoms with Crippen LogP contribution in [0.5, 0.6) is 0 Å². The van der Waals surface area contributed by atoms with Crippen molar-refractivity contribution >= 4 is 12.1 Å². The summed E-state index contributed by atoms with van der Waals surface area (Å²) < 4.78 is 16.3. The molecular formula is C20H29NO5. The van der Waals surface area contributed by atoms with E-state index in [9.17, 15) is 9.59 Å². The Morgan fingerprint density at radius 2 is 1.92 bits per heavy atom. The van der Waals surface area contributed by atoms with Crippen LogP contribution in [-0.4, -0.2) is 36.4 Å². The first-order chi connectivity index (χ1) is 12.2. The van der Waals surface area contributed by atoms with Gasteiger partial charge < -0.3 is 19.5 Å². The normalized spacial score (nSPS) is 23.2. The minimum atomic E-state index is -1.11. The van der Waals surface area contributed by atoms with E-state index in [1.54, 1.807) is 20.8 Å². The van der Waals surface area contributed by atoms with Gasteiger partial charge in [-0.25, -0.2) is 9.59 Å². The second kappa shape index (κ2) is 8.54. The maximum absolute atomic E-state index is 12.5. The molecule has 1 N–H and O–H groups in total. The molecule has 1 saturated carbocycles. The third-order valence-corrected chi connectivity index (χ3v) is 4.35. The molecule has 0 aromatic heterocycles. The molecule has 6 heteroatoms. The lowest BCUT2D eigenvalue weighted by molar-refractivity contribution is -0.153. The highest BCUT2D eigenvalue weighted by molar-refractivity contribution is 5.86. The van der Waals surface area contributed by atoms with Crippen LogP contribution in [0, 0.1) is 0 Å². The average molecular weight is 363 g/mol. The molecule has 2 atom stereocenters. The highest BCUT2D eigenvalue weighted by atomic mass is 16.6. The molecule has 1 aliphatic rings. The molecule has 144 valence electrons. The van der Waals surface area contributed by atoms with Gasteiger partial charge in [-0.2, -0.15) is 0 Å². The first kappa shape index (κ1) is 20.2. The molecule has 2 unspecified atom stereocenters. The Kier molecular flexibility index (Phi) is 6.64. The topological polar surface area (TPSA) is 73.9 Å². The average Bonchev–Trinajstić information content (AvgIpc) is 2.58. The number of benzene rings is 1. The number of carbonyl (C=O) groups is 2. The van der Waals surface area contributed by atoms with Crippen LogP contribution in [0.15, 0.2) is 30.3 Å². The molecule has 1 amide bonds. The number of nitrogens with one attached hydrogen (secondary N) is 1. The molecule has 1 aromatic carbocycles. The zero-order valence-electron chi connectivity index (χ0n) is 16.0. The van der Waals surface area contributed by atoms with Crippen molar-refractivity contribution in [1.82, 2.24) is 5.32 Å². The van der Waals surface area contributed by atoms with Gasteiger partial charge in [0.15, 0.2) is 0 Å².